The molecule has 0 spiro atoms. The van der Waals surface area contributed by atoms with Crippen LogP contribution in [0.3, 0.4) is 0 Å². The maximum atomic E-state index is 11.2. The van der Waals surface area contributed by atoms with Crippen molar-refractivity contribution in [1.82, 2.24) is 4.98 Å². The molecule has 104 valence electrons. The minimum atomic E-state index is -0.531. The molecule has 0 bridgehead atoms. The fourth-order valence-corrected chi connectivity index (χ4v) is 2.00. The van der Waals surface area contributed by atoms with E-state index in [1.54, 1.807) is 12.1 Å². The van der Waals surface area contributed by atoms with Gasteiger partial charge in [-0.3, -0.25) is 4.79 Å². The number of hydrogen-bond donors (Lipinski definition) is 2. The molecule has 1 unspecified atom stereocenters. The van der Waals surface area contributed by atoms with Crippen molar-refractivity contribution >= 4 is 17.4 Å². The van der Waals surface area contributed by atoms with Gasteiger partial charge in [-0.15, -0.1) is 0 Å². The number of anilines is 2. The van der Waals surface area contributed by atoms with Gasteiger partial charge in [-0.2, -0.15) is 0 Å². The maximum absolute atomic E-state index is 11.2. The van der Waals surface area contributed by atoms with Crippen LogP contribution in [0.1, 0.15) is 29.0 Å². The van der Waals surface area contributed by atoms with Crippen LogP contribution in [0.25, 0.3) is 0 Å². The molecule has 1 atom stereocenters. The fourth-order valence-electron chi connectivity index (χ4n) is 2.00. The van der Waals surface area contributed by atoms with Crippen LogP contribution in [0.5, 0.6) is 0 Å². The number of rotatable bonds is 4. The lowest BCUT2D eigenvalue weighted by Gasteiger charge is -2.26. The zero-order chi connectivity index (χ0) is 14.7. The molecular weight excluding hydrogens is 252 g/mol. The van der Waals surface area contributed by atoms with Gasteiger partial charge in [0.1, 0.15) is 11.5 Å². The summed E-state index contributed by atoms with van der Waals surface area (Å²) < 4.78 is 0. The fraction of sp³-hybridized carbons (Fsp3) is 0.200. The molecule has 5 heteroatoms. The van der Waals surface area contributed by atoms with Crippen LogP contribution in [0, 0.1) is 0 Å². The number of hydrogen-bond acceptors (Lipinski definition) is 4. The van der Waals surface area contributed by atoms with E-state index in [-0.39, 0.29) is 11.7 Å². The summed E-state index contributed by atoms with van der Waals surface area (Å²) in [6, 6.07) is 13.0. The first-order valence-corrected chi connectivity index (χ1v) is 6.34. The standard InChI is InChI=1S/C15H18N4O/c1-10(11-5-3-6-12(16)9-11)19(2)14-8-4-7-13(18-14)15(17)20/h3-10H,16H2,1-2H3,(H2,17,20). The van der Waals surface area contributed by atoms with Crippen LogP contribution in [-0.2, 0) is 0 Å². The number of nitrogens with two attached hydrogens (primary N) is 2. The van der Waals surface area contributed by atoms with Crippen LogP contribution in [-0.4, -0.2) is 17.9 Å². The summed E-state index contributed by atoms with van der Waals surface area (Å²) in [6.45, 7) is 2.05. The number of benzene rings is 1. The maximum Gasteiger partial charge on any atom is 0.267 e. The van der Waals surface area contributed by atoms with Crippen molar-refractivity contribution in [2.24, 2.45) is 5.73 Å². The van der Waals surface area contributed by atoms with Gasteiger partial charge in [-0.05, 0) is 36.8 Å². The van der Waals surface area contributed by atoms with E-state index in [1.165, 1.54) is 0 Å². The molecule has 4 N–H and O–H groups in total. The number of pyridine rings is 1. The van der Waals surface area contributed by atoms with E-state index in [2.05, 4.69) is 4.98 Å². The zero-order valence-corrected chi connectivity index (χ0v) is 11.6. The Morgan fingerprint density at radius 3 is 2.60 bits per heavy atom. The van der Waals surface area contributed by atoms with E-state index >= 15 is 0 Å². The largest absolute Gasteiger partial charge is 0.399 e. The van der Waals surface area contributed by atoms with Gasteiger partial charge in [0.2, 0.25) is 0 Å². The van der Waals surface area contributed by atoms with Crippen molar-refractivity contribution < 1.29 is 4.79 Å². The number of carbonyl (C=O) groups excluding carboxylic acids is 1. The molecule has 0 saturated carbocycles. The monoisotopic (exact) mass is 270 g/mol. The predicted molar refractivity (Wildman–Crippen MR) is 80.4 cm³/mol. The minimum Gasteiger partial charge on any atom is -0.399 e. The first-order valence-electron chi connectivity index (χ1n) is 6.34. The normalized spacial score (nSPS) is 11.9. The Morgan fingerprint density at radius 1 is 1.25 bits per heavy atom. The first-order chi connectivity index (χ1) is 9.49. The summed E-state index contributed by atoms with van der Waals surface area (Å²) in [7, 11) is 1.92. The van der Waals surface area contributed by atoms with Gasteiger partial charge in [0, 0.05) is 12.7 Å². The van der Waals surface area contributed by atoms with Crippen LogP contribution in [0.15, 0.2) is 42.5 Å². The van der Waals surface area contributed by atoms with E-state index in [0.29, 0.717) is 5.82 Å². The second-order valence-corrected chi connectivity index (χ2v) is 4.70. The topological polar surface area (TPSA) is 85.2 Å². The summed E-state index contributed by atoms with van der Waals surface area (Å²) in [4.78, 5) is 17.4. The molecular formula is C15H18N4O. The average molecular weight is 270 g/mol. The van der Waals surface area contributed by atoms with Gasteiger partial charge in [-0.1, -0.05) is 18.2 Å². The van der Waals surface area contributed by atoms with Crippen LogP contribution in [0.2, 0.25) is 0 Å². The molecule has 1 aromatic carbocycles. The first kappa shape index (κ1) is 13.9. The molecule has 0 aliphatic rings. The second-order valence-electron chi connectivity index (χ2n) is 4.70. The summed E-state index contributed by atoms with van der Waals surface area (Å²) in [5.41, 5.74) is 13.1. The van der Waals surface area contributed by atoms with Crippen molar-refractivity contribution in [3.63, 3.8) is 0 Å². The zero-order valence-electron chi connectivity index (χ0n) is 11.6. The molecule has 2 aromatic rings. The summed E-state index contributed by atoms with van der Waals surface area (Å²) in [5, 5.41) is 0. The molecule has 0 aliphatic heterocycles. The Balaban J connectivity index is 2.28. The smallest absolute Gasteiger partial charge is 0.267 e. The molecule has 0 fully saturated rings. The van der Waals surface area contributed by atoms with E-state index in [4.69, 9.17) is 11.5 Å². The Morgan fingerprint density at radius 2 is 1.95 bits per heavy atom. The van der Waals surface area contributed by atoms with Gasteiger partial charge in [0.15, 0.2) is 0 Å². The quantitative estimate of drug-likeness (QED) is 0.832. The van der Waals surface area contributed by atoms with Crippen molar-refractivity contribution in [2.75, 3.05) is 17.7 Å². The Kier molecular flexibility index (Phi) is 3.89. The Hall–Kier alpha value is -2.56. The van der Waals surface area contributed by atoms with Crippen LogP contribution in [0.4, 0.5) is 11.5 Å². The molecule has 2 rings (SSSR count). The molecule has 0 saturated heterocycles. The van der Waals surface area contributed by atoms with Gasteiger partial charge < -0.3 is 16.4 Å². The number of primary amides is 1. The van der Waals surface area contributed by atoms with E-state index < -0.39 is 5.91 Å². The molecule has 0 radical (unpaired) electrons. The third-order valence-electron chi connectivity index (χ3n) is 3.32. The van der Waals surface area contributed by atoms with E-state index in [9.17, 15) is 4.79 Å². The van der Waals surface area contributed by atoms with Crippen molar-refractivity contribution in [1.29, 1.82) is 0 Å². The average Bonchev–Trinajstić information content (AvgIpc) is 2.45. The lowest BCUT2D eigenvalue weighted by molar-refractivity contribution is 0.0995. The third kappa shape index (κ3) is 2.88. The lowest BCUT2D eigenvalue weighted by atomic mass is 10.1. The molecule has 1 aromatic heterocycles. The summed E-state index contributed by atoms with van der Waals surface area (Å²) in [5.74, 6) is 0.160. The highest BCUT2D eigenvalue weighted by molar-refractivity contribution is 5.91. The van der Waals surface area contributed by atoms with Crippen molar-refractivity contribution in [3.8, 4) is 0 Å². The number of nitrogens with zero attached hydrogens (tertiary/aromatic N) is 2. The SMILES string of the molecule is CC(c1cccc(N)c1)N(C)c1cccc(C(N)=O)n1. The summed E-state index contributed by atoms with van der Waals surface area (Å²) >= 11 is 0. The molecule has 5 nitrogen and oxygen atoms in total. The Labute approximate surface area is 118 Å². The Bertz CT molecular complexity index is 627. The number of aromatic nitrogens is 1. The number of nitrogen functional groups attached to an aromatic ring is 1. The third-order valence-corrected chi connectivity index (χ3v) is 3.32. The number of amides is 1. The van der Waals surface area contributed by atoms with E-state index in [0.717, 1.165) is 11.3 Å². The highest BCUT2D eigenvalue weighted by Crippen LogP contribution is 2.24. The van der Waals surface area contributed by atoms with Crippen LogP contribution < -0.4 is 16.4 Å². The van der Waals surface area contributed by atoms with Crippen molar-refractivity contribution in [2.45, 2.75) is 13.0 Å². The summed E-state index contributed by atoms with van der Waals surface area (Å²) in [6.07, 6.45) is 0. The lowest BCUT2D eigenvalue weighted by Crippen LogP contribution is -2.24. The van der Waals surface area contributed by atoms with E-state index in [1.807, 2.05) is 49.2 Å². The van der Waals surface area contributed by atoms with Gasteiger partial charge >= 0.3 is 0 Å². The van der Waals surface area contributed by atoms with Gasteiger partial charge in [0.05, 0.1) is 6.04 Å². The second kappa shape index (κ2) is 5.61. The molecule has 1 heterocycles. The number of carbonyl (C=O) groups is 1. The highest BCUT2D eigenvalue weighted by atomic mass is 16.1. The minimum absolute atomic E-state index is 0.0779. The van der Waals surface area contributed by atoms with Gasteiger partial charge in [-0.25, -0.2) is 4.98 Å². The highest BCUT2D eigenvalue weighted by Gasteiger charge is 2.14. The van der Waals surface area contributed by atoms with Gasteiger partial charge in [0.25, 0.3) is 5.91 Å². The van der Waals surface area contributed by atoms with Crippen LogP contribution >= 0.6 is 0 Å². The predicted octanol–water partition coefficient (Wildman–Crippen LogP) is 1.96. The molecule has 0 aliphatic carbocycles. The molecule has 20 heavy (non-hydrogen) atoms. The van der Waals surface area contributed by atoms with Crippen molar-refractivity contribution in [3.05, 3.63) is 53.7 Å². The molecule has 1 amide bonds.